The Morgan fingerprint density at radius 2 is 1.94 bits per heavy atom. The Balaban J connectivity index is 1.47. The third-order valence-corrected chi connectivity index (χ3v) is 4.63. The van der Waals surface area contributed by atoms with Gasteiger partial charge in [-0.05, 0) is 43.2 Å². The van der Waals surface area contributed by atoms with E-state index in [1.165, 1.54) is 0 Å². The summed E-state index contributed by atoms with van der Waals surface area (Å²) in [6.07, 6.45) is 4.20. The molecule has 0 atom stereocenters. The molecular weight excluding hydrogens is 408 g/mol. The minimum absolute atomic E-state index is 0.0548. The molecule has 0 aliphatic rings. The molecule has 8 nitrogen and oxygen atoms in total. The van der Waals surface area contributed by atoms with E-state index in [9.17, 15) is 4.79 Å². The van der Waals surface area contributed by atoms with Gasteiger partial charge in [0.2, 0.25) is 17.7 Å². The molecular formula is C24H30N4O4. The van der Waals surface area contributed by atoms with E-state index >= 15 is 0 Å². The number of aromatic nitrogens is 3. The third-order valence-electron chi connectivity index (χ3n) is 4.63. The van der Waals surface area contributed by atoms with Crippen LogP contribution < -0.4 is 14.8 Å². The van der Waals surface area contributed by atoms with Gasteiger partial charge in [-0.15, -0.1) is 0 Å². The Bertz CT molecular complexity index is 986. The van der Waals surface area contributed by atoms with Gasteiger partial charge in [-0.25, -0.2) is 4.98 Å². The Morgan fingerprint density at radius 1 is 1.16 bits per heavy atom. The maximum absolute atomic E-state index is 12.3. The fourth-order valence-electron chi connectivity index (χ4n) is 2.87. The number of nitrogens with zero attached hydrogens (tertiary/aromatic N) is 3. The highest BCUT2D eigenvalue weighted by molar-refractivity contribution is 5.75. The molecule has 0 fully saturated rings. The zero-order valence-electron chi connectivity index (χ0n) is 18.8. The summed E-state index contributed by atoms with van der Waals surface area (Å²) in [6.45, 7) is 7.09. The van der Waals surface area contributed by atoms with Crippen LogP contribution in [0.3, 0.4) is 0 Å². The first-order chi connectivity index (χ1) is 15.5. The number of ether oxygens (including phenoxy) is 2. The van der Waals surface area contributed by atoms with Crippen molar-refractivity contribution >= 4 is 5.91 Å². The van der Waals surface area contributed by atoms with Gasteiger partial charge in [-0.3, -0.25) is 4.79 Å². The van der Waals surface area contributed by atoms with Crippen LogP contribution in [0.4, 0.5) is 0 Å². The van der Waals surface area contributed by atoms with Gasteiger partial charge in [-0.2, -0.15) is 4.98 Å². The second-order valence-electron chi connectivity index (χ2n) is 7.72. The minimum atomic E-state index is -0.0548. The van der Waals surface area contributed by atoms with Crippen molar-refractivity contribution in [1.29, 1.82) is 0 Å². The number of pyridine rings is 1. The van der Waals surface area contributed by atoms with E-state index in [4.69, 9.17) is 14.0 Å². The molecule has 0 saturated carbocycles. The third kappa shape index (κ3) is 7.08. The lowest BCUT2D eigenvalue weighted by atomic mass is 10.2. The van der Waals surface area contributed by atoms with Crippen molar-refractivity contribution in [3.05, 3.63) is 59.9 Å². The Hall–Kier alpha value is -3.42. The van der Waals surface area contributed by atoms with Crippen LogP contribution in [0.25, 0.3) is 0 Å². The number of carbonyl (C=O) groups is 1. The maximum atomic E-state index is 12.3. The molecule has 2 aromatic heterocycles. The average molecular weight is 439 g/mol. The fraction of sp³-hybridized carbons (Fsp3) is 0.417. The van der Waals surface area contributed by atoms with E-state index < -0.39 is 0 Å². The summed E-state index contributed by atoms with van der Waals surface area (Å²) >= 11 is 0. The lowest BCUT2D eigenvalue weighted by Crippen LogP contribution is -2.22. The highest BCUT2D eigenvalue weighted by Crippen LogP contribution is 2.25. The number of benzene rings is 1. The van der Waals surface area contributed by atoms with Crippen molar-refractivity contribution in [3.8, 4) is 17.4 Å². The second-order valence-corrected chi connectivity index (χ2v) is 7.72. The summed E-state index contributed by atoms with van der Waals surface area (Å²) in [5.74, 6) is 3.34. The number of hydrogen-bond acceptors (Lipinski definition) is 7. The number of carbonyl (C=O) groups excluding carboxylic acids is 1. The van der Waals surface area contributed by atoms with E-state index in [1.807, 2.05) is 50.2 Å². The number of nitrogens with one attached hydrogen (secondary N) is 1. The topological polar surface area (TPSA) is 99.4 Å². The first-order valence-electron chi connectivity index (χ1n) is 11.0. The molecule has 1 aromatic carbocycles. The molecule has 0 radical (unpaired) electrons. The van der Waals surface area contributed by atoms with Crippen LogP contribution in [0.2, 0.25) is 0 Å². The standard InChI is InChI=1S/C24H30N4O4/c1-4-15-30-19-10-12-20(13-11-19)31-24-18(7-6-14-25-24)16-26-21(29)8-5-9-22-27-23(17(2)3)28-32-22/h6-7,10-14,17H,4-5,8-9,15-16H2,1-3H3,(H,26,29). The van der Waals surface area contributed by atoms with Crippen LogP contribution >= 0.6 is 0 Å². The number of rotatable bonds is 12. The van der Waals surface area contributed by atoms with Crippen molar-refractivity contribution in [2.75, 3.05) is 6.61 Å². The first kappa shape index (κ1) is 23.2. The summed E-state index contributed by atoms with van der Waals surface area (Å²) in [6, 6.07) is 11.1. The summed E-state index contributed by atoms with van der Waals surface area (Å²) in [4.78, 5) is 20.9. The second kappa shape index (κ2) is 11.8. The number of aryl methyl sites for hydroxylation is 1. The molecule has 170 valence electrons. The van der Waals surface area contributed by atoms with Crippen LogP contribution in [0, 0.1) is 0 Å². The lowest BCUT2D eigenvalue weighted by molar-refractivity contribution is -0.121. The van der Waals surface area contributed by atoms with Gasteiger partial charge in [0.25, 0.3) is 0 Å². The number of amides is 1. The van der Waals surface area contributed by atoms with E-state index in [0.29, 0.717) is 55.8 Å². The van der Waals surface area contributed by atoms with Crippen LogP contribution in [0.1, 0.15) is 63.2 Å². The predicted octanol–water partition coefficient (Wildman–Crippen LogP) is 4.81. The predicted molar refractivity (Wildman–Crippen MR) is 120 cm³/mol. The van der Waals surface area contributed by atoms with Gasteiger partial charge in [0.1, 0.15) is 11.5 Å². The van der Waals surface area contributed by atoms with Gasteiger partial charge in [0, 0.05) is 37.1 Å². The Labute approximate surface area is 188 Å². The molecule has 0 bridgehead atoms. The monoisotopic (exact) mass is 438 g/mol. The molecule has 3 rings (SSSR count). The van der Waals surface area contributed by atoms with Crippen molar-refractivity contribution in [2.24, 2.45) is 0 Å². The molecule has 0 aliphatic carbocycles. The minimum Gasteiger partial charge on any atom is -0.494 e. The Kier molecular flexibility index (Phi) is 8.60. The van der Waals surface area contributed by atoms with Crippen LogP contribution in [-0.2, 0) is 17.8 Å². The molecule has 0 aliphatic heterocycles. The van der Waals surface area contributed by atoms with E-state index in [1.54, 1.807) is 6.20 Å². The molecule has 2 heterocycles. The van der Waals surface area contributed by atoms with E-state index in [2.05, 4.69) is 27.4 Å². The highest BCUT2D eigenvalue weighted by Gasteiger charge is 2.11. The molecule has 3 aromatic rings. The van der Waals surface area contributed by atoms with E-state index in [-0.39, 0.29) is 11.8 Å². The van der Waals surface area contributed by atoms with Gasteiger partial charge in [-0.1, -0.05) is 32.0 Å². The van der Waals surface area contributed by atoms with Crippen LogP contribution in [-0.4, -0.2) is 27.6 Å². The smallest absolute Gasteiger partial charge is 0.226 e. The summed E-state index contributed by atoms with van der Waals surface area (Å²) < 4.78 is 16.7. The Morgan fingerprint density at radius 3 is 2.66 bits per heavy atom. The lowest BCUT2D eigenvalue weighted by Gasteiger charge is -2.11. The van der Waals surface area contributed by atoms with Crippen LogP contribution in [0.5, 0.6) is 17.4 Å². The zero-order valence-corrected chi connectivity index (χ0v) is 18.8. The maximum Gasteiger partial charge on any atom is 0.226 e. The molecule has 0 spiro atoms. The fourth-order valence-corrected chi connectivity index (χ4v) is 2.87. The largest absolute Gasteiger partial charge is 0.494 e. The number of hydrogen-bond donors (Lipinski definition) is 1. The summed E-state index contributed by atoms with van der Waals surface area (Å²) in [5.41, 5.74) is 0.797. The van der Waals surface area contributed by atoms with Crippen molar-refractivity contribution < 1.29 is 18.8 Å². The van der Waals surface area contributed by atoms with Gasteiger partial charge in [0.15, 0.2) is 5.82 Å². The van der Waals surface area contributed by atoms with E-state index in [0.717, 1.165) is 17.7 Å². The van der Waals surface area contributed by atoms with Gasteiger partial charge >= 0.3 is 0 Å². The quantitative estimate of drug-likeness (QED) is 0.433. The molecule has 0 saturated heterocycles. The average Bonchev–Trinajstić information content (AvgIpc) is 3.27. The SMILES string of the molecule is CCCOc1ccc(Oc2ncccc2CNC(=O)CCCc2nc(C(C)C)no2)cc1. The van der Waals surface area contributed by atoms with Crippen molar-refractivity contribution in [2.45, 2.75) is 58.9 Å². The zero-order chi connectivity index (χ0) is 22.8. The molecule has 0 unspecified atom stereocenters. The van der Waals surface area contributed by atoms with Gasteiger partial charge < -0.3 is 19.3 Å². The molecule has 1 N–H and O–H groups in total. The normalized spacial score (nSPS) is 10.9. The van der Waals surface area contributed by atoms with Gasteiger partial charge in [0.05, 0.1) is 6.61 Å². The summed E-state index contributed by atoms with van der Waals surface area (Å²) in [5, 5.41) is 6.86. The summed E-state index contributed by atoms with van der Waals surface area (Å²) in [7, 11) is 0. The van der Waals surface area contributed by atoms with Crippen LogP contribution in [0.15, 0.2) is 47.1 Å². The first-order valence-corrected chi connectivity index (χ1v) is 11.0. The molecule has 32 heavy (non-hydrogen) atoms. The highest BCUT2D eigenvalue weighted by atomic mass is 16.5. The molecule has 1 amide bonds. The van der Waals surface area contributed by atoms with Crippen molar-refractivity contribution in [3.63, 3.8) is 0 Å². The molecule has 8 heteroatoms. The van der Waals surface area contributed by atoms with Crippen molar-refractivity contribution in [1.82, 2.24) is 20.4 Å².